The Labute approximate surface area is 166 Å². The lowest BCUT2D eigenvalue weighted by Crippen LogP contribution is -2.29. The molecule has 1 atom stereocenters. The molecule has 8 heteroatoms. The third-order valence-corrected chi connectivity index (χ3v) is 4.73. The lowest BCUT2D eigenvalue weighted by Gasteiger charge is -2.26. The van der Waals surface area contributed by atoms with Crippen molar-refractivity contribution in [2.45, 2.75) is 6.04 Å². The van der Waals surface area contributed by atoms with Crippen LogP contribution in [0.5, 0.6) is 0 Å². The number of benzene rings is 2. The van der Waals surface area contributed by atoms with Crippen LogP contribution in [0.4, 0.5) is 14.5 Å². The second-order valence-electron chi connectivity index (χ2n) is 6.42. The molecule has 0 bridgehead atoms. The summed E-state index contributed by atoms with van der Waals surface area (Å²) in [5, 5.41) is 7.07. The monoisotopic (exact) mass is 404 g/mol. The molecule has 3 aromatic rings. The van der Waals surface area contributed by atoms with Gasteiger partial charge in [-0.2, -0.15) is 9.78 Å². The molecular formula is C20H19ClF2N4O. The van der Waals surface area contributed by atoms with E-state index in [0.717, 1.165) is 0 Å². The van der Waals surface area contributed by atoms with Crippen molar-refractivity contribution in [2.24, 2.45) is 0 Å². The minimum Gasteiger partial charge on any atom is -0.380 e. The van der Waals surface area contributed by atoms with Crippen molar-refractivity contribution in [3.05, 3.63) is 87.3 Å². The molecule has 2 aromatic carbocycles. The number of halogens is 3. The smallest absolute Gasteiger partial charge is 0.292 e. The van der Waals surface area contributed by atoms with Gasteiger partial charge in [0, 0.05) is 12.1 Å². The maximum absolute atomic E-state index is 14.2. The van der Waals surface area contributed by atoms with Crippen LogP contribution in [-0.2, 0) is 0 Å². The molecule has 1 aromatic heterocycles. The fourth-order valence-corrected chi connectivity index (χ4v) is 3.08. The fourth-order valence-electron chi connectivity index (χ4n) is 2.89. The summed E-state index contributed by atoms with van der Waals surface area (Å²) in [4.78, 5) is 14.2. The van der Waals surface area contributed by atoms with E-state index in [9.17, 15) is 13.6 Å². The largest absolute Gasteiger partial charge is 0.380 e. The molecule has 0 spiro atoms. The van der Waals surface area contributed by atoms with Crippen LogP contribution >= 0.6 is 11.6 Å². The van der Waals surface area contributed by atoms with Gasteiger partial charge in [0.15, 0.2) is 0 Å². The number of likely N-dealkylation sites (N-methyl/N-ethyl adjacent to an activating group) is 1. The Balaban J connectivity index is 1.87. The predicted molar refractivity (Wildman–Crippen MR) is 106 cm³/mol. The summed E-state index contributed by atoms with van der Waals surface area (Å²) in [7, 11) is 3.43. The zero-order valence-electron chi connectivity index (χ0n) is 15.4. The Hall–Kier alpha value is -2.77. The van der Waals surface area contributed by atoms with Crippen molar-refractivity contribution in [1.29, 1.82) is 0 Å². The number of aromatic nitrogens is 2. The zero-order valence-corrected chi connectivity index (χ0v) is 16.1. The maximum Gasteiger partial charge on any atom is 0.292 e. The Morgan fingerprint density at radius 3 is 2.36 bits per heavy atom. The topological polar surface area (TPSA) is 50.2 Å². The minimum atomic E-state index is -0.635. The van der Waals surface area contributed by atoms with Crippen LogP contribution in [0.15, 0.2) is 59.5 Å². The van der Waals surface area contributed by atoms with Crippen LogP contribution in [0.25, 0.3) is 5.69 Å². The first kappa shape index (κ1) is 20.0. The maximum atomic E-state index is 14.2. The molecule has 0 aliphatic carbocycles. The molecular weight excluding hydrogens is 386 g/mol. The van der Waals surface area contributed by atoms with E-state index in [2.05, 4.69) is 10.4 Å². The fraction of sp³-hybridized carbons (Fsp3) is 0.200. The Kier molecular flexibility index (Phi) is 6.06. The minimum absolute atomic E-state index is 0.0506. The van der Waals surface area contributed by atoms with E-state index in [-0.39, 0.29) is 17.1 Å². The van der Waals surface area contributed by atoms with E-state index < -0.39 is 23.2 Å². The standard InChI is InChI=1S/C20H19ClF2N4O/c1-26(2)17(18-14(22)9-6-10-15(18)23)12-24-16-11-25-27(20(28)19(16)21)13-7-4-3-5-8-13/h3-11,17,24H,12H2,1-2H3. The van der Waals surface area contributed by atoms with Gasteiger partial charge in [0.25, 0.3) is 5.56 Å². The van der Waals surface area contributed by atoms with E-state index >= 15 is 0 Å². The highest BCUT2D eigenvalue weighted by atomic mass is 35.5. The quantitative estimate of drug-likeness (QED) is 0.677. The van der Waals surface area contributed by atoms with Crippen molar-refractivity contribution in [2.75, 3.05) is 26.0 Å². The van der Waals surface area contributed by atoms with Gasteiger partial charge in [0.05, 0.1) is 23.6 Å². The van der Waals surface area contributed by atoms with Gasteiger partial charge in [-0.25, -0.2) is 8.78 Å². The molecule has 0 saturated carbocycles. The highest BCUT2D eigenvalue weighted by Gasteiger charge is 2.22. The zero-order chi connectivity index (χ0) is 20.3. The predicted octanol–water partition coefficient (Wildman–Crippen LogP) is 3.88. The molecule has 1 unspecified atom stereocenters. The number of para-hydroxylation sites is 1. The molecule has 1 heterocycles. The van der Waals surface area contributed by atoms with Gasteiger partial charge < -0.3 is 10.2 Å². The number of nitrogens with zero attached hydrogens (tertiary/aromatic N) is 3. The first-order valence-corrected chi connectivity index (χ1v) is 8.95. The molecule has 1 N–H and O–H groups in total. The van der Waals surface area contributed by atoms with Crippen LogP contribution in [-0.4, -0.2) is 35.3 Å². The number of hydrogen-bond acceptors (Lipinski definition) is 4. The summed E-state index contributed by atoms with van der Waals surface area (Å²) >= 11 is 6.22. The summed E-state index contributed by atoms with van der Waals surface area (Å²) in [5.41, 5.74) is 0.334. The van der Waals surface area contributed by atoms with Crippen LogP contribution in [0.3, 0.4) is 0 Å². The summed E-state index contributed by atoms with van der Waals surface area (Å²) in [6, 6.07) is 12.0. The third-order valence-electron chi connectivity index (χ3n) is 4.36. The van der Waals surface area contributed by atoms with Crippen molar-refractivity contribution in [3.8, 4) is 5.69 Å². The first-order valence-electron chi connectivity index (χ1n) is 8.57. The molecule has 0 saturated heterocycles. The summed E-state index contributed by atoms with van der Waals surface area (Å²) in [6.07, 6.45) is 1.42. The lowest BCUT2D eigenvalue weighted by molar-refractivity contribution is 0.295. The van der Waals surface area contributed by atoms with Crippen molar-refractivity contribution < 1.29 is 8.78 Å². The second-order valence-corrected chi connectivity index (χ2v) is 6.80. The van der Waals surface area contributed by atoms with E-state index in [0.29, 0.717) is 11.4 Å². The second kappa shape index (κ2) is 8.50. The summed E-state index contributed by atoms with van der Waals surface area (Å²) < 4.78 is 29.6. The van der Waals surface area contributed by atoms with Crippen molar-refractivity contribution >= 4 is 17.3 Å². The number of hydrogen-bond donors (Lipinski definition) is 1. The number of rotatable bonds is 6. The number of nitrogens with one attached hydrogen (secondary N) is 1. The lowest BCUT2D eigenvalue weighted by atomic mass is 10.0. The molecule has 0 aliphatic heterocycles. The van der Waals surface area contributed by atoms with Crippen molar-refractivity contribution in [1.82, 2.24) is 14.7 Å². The molecule has 5 nitrogen and oxygen atoms in total. The van der Waals surface area contributed by atoms with E-state index in [4.69, 9.17) is 11.6 Å². The first-order chi connectivity index (χ1) is 13.4. The molecule has 146 valence electrons. The average Bonchev–Trinajstić information content (AvgIpc) is 2.67. The van der Waals surface area contributed by atoms with Crippen LogP contribution in [0.1, 0.15) is 11.6 Å². The summed E-state index contributed by atoms with van der Waals surface area (Å²) in [5.74, 6) is -1.27. The highest BCUT2D eigenvalue weighted by Crippen LogP contribution is 2.26. The van der Waals surface area contributed by atoms with Crippen LogP contribution in [0.2, 0.25) is 5.02 Å². The average molecular weight is 405 g/mol. The van der Waals surface area contributed by atoms with Gasteiger partial charge in [-0.1, -0.05) is 35.9 Å². The molecule has 0 aliphatic rings. The van der Waals surface area contributed by atoms with Crippen molar-refractivity contribution in [3.63, 3.8) is 0 Å². The molecule has 3 rings (SSSR count). The Bertz CT molecular complexity index is 1000. The van der Waals surface area contributed by atoms with Gasteiger partial charge in [-0.05, 0) is 38.4 Å². The summed E-state index contributed by atoms with van der Waals surface area (Å²) in [6.45, 7) is 0.126. The molecule has 0 fully saturated rings. The SMILES string of the molecule is CN(C)C(CNc1cnn(-c2ccccc2)c(=O)c1Cl)c1c(F)cccc1F. The van der Waals surface area contributed by atoms with E-state index in [1.807, 2.05) is 6.07 Å². The molecule has 0 radical (unpaired) electrons. The number of anilines is 1. The van der Waals surface area contributed by atoms with Gasteiger partial charge in [-0.15, -0.1) is 0 Å². The van der Waals surface area contributed by atoms with Gasteiger partial charge in [0.2, 0.25) is 0 Å². The van der Waals surface area contributed by atoms with Crippen LogP contribution < -0.4 is 10.9 Å². The molecule has 0 amide bonds. The highest BCUT2D eigenvalue weighted by molar-refractivity contribution is 6.32. The normalized spacial score (nSPS) is 12.2. The van der Waals surface area contributed by atoms with Gasteiger partial charge in [-0.3, -0.25) is 4.79 Å². The van der Waals surface area contributed by atoms with E-state index in [1.165, 1.54) is 29.1 Å². The Morgan fingerprint density at radius 1 is 1.11 bits per heavy atom. The van der Waals surface area contributed by atoms with Gasteiger partial charge in [0.1, 0.15) is 16.7 Å². The molecule has 28 heavy (non-hydrogen) atoms. The Morgan fingerprint density at radius 2 is 1.75 bits per heavy atom. The third kappa shape index (κ3) is 4.05. The van der Waals surface area contributed by atoms with Crippen LogP contribution in [0, 0.1) is 11.6 Å². The van der Waals surface area contributed by atoms with E-state index in [1.54, 1.807) is 43.3 Å². The van der Waals surface area contributed by atoms with Gasteiger partial charge >= 0.3 is 0 Å².